The number of halogens is 2. The van der Waals surface area contributed by atoms with E-state index in [9.17, 15) is 24.3 Å². The Balaban J connectivity index is 1.15. The number of nitrogens with zero attached hydrogens (tertiary/aromatic N) is 5. The fraction of sp³-hybridized carbons (Fsp3) is 0.282. The van der Waals surface area contributed by atoms with E-state index >= 15 is 0 Å². The van der Waals surface area contributed by atoms with Crippen LogP contribution in [0.5, 0.6) is 5.75 Å². The molecule has 4 aromatic carbocycles. The van der Waals surface area contributed by atoms with Crippen molar-refractivity contribution in [1.82, 2.24) is 4.90 Å². The van der Waals surface area contributed by atoms with Gasteiger partial charge < -0.3 is 10.0 Å². The van der Waals surface area contributed by atoms with E-state index < -0.39 is 51.1 Å². The number of imide groups is 2. The molecule has 2 aliphatic carbocycles. The first-order valence-corrected chi connectivity index (χ1v) is 17.4. The Labute approximate surface area is 303 Å². The van der Waals surface area contributed by atoms with Crippen LogP contribution in [-0.2, 0) is 19.2 Å². The van der Waals surface area contributed by atoms with Gasteiger partial charge in [-0.3, -0.25) is 29.0 Å². The molecule has 12 heteroatoms. The number of phenolic OH excluding ortho intramolecular Hbond substituents is 1. The summed E-state index contributed by atoms with van der Waals surface area (Å²) in [6, 6.07) is 24.7. The lowest BCUT2D eigenvalue weighted by Gasteiger charge is -2.51. The number of hydrogen-bond donors (Lipinski definition) is 1. The Morgan fingerprint density at radius 2 is 1.41 bits per heavy atom. The molecule has 8 rings (SSSR count). The molecule has 1 N–H and O–H groups in total. The van der Waals surface area contributed by atoms with Crippen LogP contribution in [0.3, 0.4) is 0 Å². The third-order valence-electron chi connectivity index (χ3n) is 11.0. The summed E-state index contributed by atoms with van der Waals surface area (Å²) in [6.45, 7) is 0. The van der Waals surface area contributed by atoms with Gasteiger partial charge in [-0.15, -0.1) is 23.2 Å². The van der Waals surface area contributed by atoms with Crippen LogP contribution in [0, 0.1) is 17.8 Å². The Bertz CT molecular complexity index is 2220. The number of aromatic hydroxyl groups is 1. The van der Waals surface area contributed by atoms with E-state index in [1.807, 2.05) is 61.5 Å². The highest BCUT2D eigenvalue weighted by Crippen LogP contribution is 2.66. The quantitative estimate of drug-likeness (QED) is 0.101. The summed E-state index contributed by atoms with van der Waals surface area (Å²) < 4.78 is 0. The highest BCUT2D eigenvalue weighted by atomic mass is 35.5. The van der Waals surface area contributed by atoms with Crippen LogP contribution in [0.2, 0.25) is 0 Å². The Morgan fingerprint density at radius 3 is 2.06 bits per heavy atom. The standard InChI is InChI=1S/C39H33Cl2N5O5/c1-44(2)23-12-8-21(9-13-23)42-43-22-10-14-24(15-11-22)46-34(48)29-17-16-28-30(32(29)35(46)49)20-38(40)36(50)45(3)37(51)39(38,41)33(28)27-18-19-31(47)26-7-5-4-6-25(26)27/h4-16,18-19,29-30,32-33,47H,17,20H2,1-3H3. The predicted molar refractivity (Wildman–Crippen MR) is 195 cm³/mol. The zero-order chi connectivity index (χ0) is 36.0. The van der Waals surface area contributed by atoms with Crippen molar-refractivity contribution in [2.75, 3.05) is 30.9 Å². The minimum atomic E-state index is -1.92. The molecule has 6 atom stereocenters. The van der Waals surface area contributed by atoms with Crippen molar-refractivity contribution in [2.45, 2.75) is 28.5 Å². The van der Waals surface area contributed by atoms with Gasteiger partial charge in [0.2, 0.25) is 11.8 Å². The number of allylic oxidation sites excluding steroid dienone is 2. The first-order chi connectivity index (χ1) is 24.4. The maximum atomic E-state index is 14.4. The first-order valence-electron chi connectivity index (χ1n) is 16.6. The average molecular weight is 723 g/mol. The summed E-state index contributed by atoms with van der Waals surface area (Å²) in [5, 5.41) is 20.5. The molecule has 10 nitrogen and oxygen atoms in total. The molecule has 0 radical (unpaired) electrons. The molecular weight excluding hydrogens is 689 g/mol. The minimum absolute atomic E-state index is 0.0458. The average Bonchev–Trinajstić information content (AvgIpc) is 3.46. The number of phenols is 1. The van der Waals surface area contributed by atoms with Gasteiger partial charge in [-0.05, 0) is 84.3 Å². The van der Waals surface area contributed by atoms with Gasteiger partial charge in [-0.1, -0.05) is 42.0 Å². The van der Waals surface area contributed by atoms with Crippen molar-refractivity contribution < 1.29 is 24.3 Å². The van der Waals surface area contributed by atoms with Gasteiger partial charge in [-0.25, -0.2) is 0 Å². The van der Waals surface area contributed by atoms with E-state index in [1.165, 1.54) is 18.0 Å². The molecular formula is C39H33Cl2N5O5. The predicted octanol–water partition coefficient (Wildman–Crippen LogP) is 7.22. The second-order valence-corrected chi connectivity index (χ2v) is 15.1. The number of carbonyl (C=O) groups is 4. The zero-order valence-electron chi connectivity index (χ0n) is 28.0. The van der Waals surface area contributed by atoms with Gasteiger partial charge in [0.05, 0.1) is 28.9 Å². The second kappa shape index (κ2) is 11.7. The molecule has 2 heterocycles. The molecule has 2 aliphatic heterocycles. The molecule has 0 bridgehead atoms. The van der Waals surface area contributed by atoms with Crippen LogP contribution >= 0.6 is 23.2 Å². The second-order valence-electron chi connectivity index (χ2n) is 13.9. The Kier molecular flexibility index (Phi) is 7.63. The number of hydrogen-bond acceptors (Lipinski definition) is 8. The van der Waals surface area contributed by atoms with E-state index in [0.29, 0.717) is 39.0 Å². The van der Waals surface area contributed by atoms with E-state index in [-0.39, 0.29) is 24.5 Å². The zero-order valence-corrected chi connectivity index (χ0v) is 29.5. The topological polar surface area (TPSA) is 123 Å². The van der Waals surface area contributed by atoms with Crippen LogP contribution in [0.15, 0.2) is 107 Å². The third-order valence-corrected chi connectivity index (χ3v) is 12.4. The molecule has 6 unspecified atom stereocenters. The Morgan fingerprint density at radius 1 is 0.784 bits per heavy atom. The number of rotatable bonds is 5. The van der Waals surface area contributed by atoms with Crippen molar-refractivity contribution >= 4 is 80.4 Å². The largest absolute Gasteiger partial charge is 0.507 e. The van der Waals surface area contributed by atoms with Gasteiger partial charge in [0.1, 0.15) is 5.75 Å². The van der Waals surface area contributed by atoms with Crippen LogP contribution in [0.4, 0.5) is 22.7 Å². The van der Waals surface area contributed by atoms with Gasteiger partial charge in [-0.2, -0.15) is 10.2 Å². The summed E-state index contributed by atoms with van der Waals surface area (Å²) in [4.78, 5) is 56.6. The van der Waals surface area contributed by atoms with Crippen LogP contribution in [0.1, 0.15) is 24.3 Å². The van der Waals surface area contributed by atoms with Crippen molar-refractivity contribution in [3.8, 4) is 5.75 Å². The lowest BCUT2D eigenvalue weighted by atomic mass is 9.56. The molecule has 4 amide bonds. The van der Waals surface area contributed by atoms with Gasteiger partial charge >= 0.3 is 0 Å². The van der Waals surface area contributed by atoms with Gasteiger partial charge in [0.25, 0.3) is 11.8 Å². The summed E-state index contributed by atoms with van der Waals surface area (Å²) in [5.74, 6) is -5.11. The molecule has 2 saturated heterocycles. The van der Waals surface area contributed by atoms with E-state index in [2.05, 4.69) is 10.2 Å². The summed E-state index contributed by atoms with van der Waals surface area (Å²) in [6.07, 6.45) is 2.04. The molecule has 1 saturated carbocycles. The van der Waals surface area contributed by atoms with E-state index in [1.54, 1.807) is 42.5 Å². The molecule has 258 valence electrons. The fourth-order valence-corrected chi connectivity index (χ4v) is 9.51. The highest BCUT2D eigenvalue weighted by molar-refractivity contribution is 6.53. The number of carbonyl (C=O) groups excluding carboxylic acids is 4. The monoisotopic (exact) mass is 721 g/mol. The molecule has 0 aromatic heterocycles. The number of likely N-dealkylation sites (tertiary alicyclic amines) is 1. The number of anilines is 2. The summed E-state index contributed by atoms with van der Waals surface area (Å²) in [5.41, 5.74) is 3.94. The van der Waals surface area contributed by atoms with E-state index in [0.717, 1.165) is 10.6 Å². The highest BCUT2D eigenvalue weighted by Gasteiger charge is 2.76. The van der Waals surface area contributed by atoms with Crippen molar-refractivity contribution in [1.29, 1.82) is 0 Å². The SMILES string of the molecule is CN1C(=O)C2(Cl)CC3C(=CCC4C(=O)N(c5ccc(N=Nc6ccc(N(C)C)cc6)cc5)C(=O)C43)C(c3ccc(O)c4ccccc34)C2(Cl)C1=O. The number of benzene rings is 4. The number of azo groups is 1. The first kappa shape index (κ1) is 33.1. The third kappa shape index (κ3) is 4.69. The maximum absolute atomic E-state index is 14.4. The molecule has 51 heavy (non-hydrogen) atoms. The van der Waals surface area contributed by atoms with Gasteiger partial charge in [0, 0.05) is 38.1 Å². The summed E-state index contributed by atoms with van der Waals surface area (Å²) in [7, 11) is 5.28. The fourth-order valence-electron chi connectivity index (χ4n) is 8.50. The number of fused-ring (bicyclic) bond motifs is 5. The smallest absolute Gasteiger partial charge is 0.253 e. The van der Waals surface area contributed by atoms with Crippen LogP contribution in [-0.4, -0.2) is 64.5 Å². The van der Waals surface area contributed by atoms with Gasteiger partial charge in [0.15, 0.2) is 9.75 Å². The van der Waals surface area contributed by atoms with Crippen molar-refractivity contribution in [3.63, 3.8) is 0 Å². The maximum Gasteiger partial charge on any atom is 0.253 e. The number of amides is 4. The minimum Gasteiger partial charge on any atom is -0.507 e. The lowest BCUT2D eigenvalue weighted by Crippen LogP contribution is -2.60. The number of alkyl halides is 2. The Hall–Kier alpha value is -5.06. The molecule has 4 aromatic rings. The van der Waals surface area contributed by atoms with Crippen molar-refractivity contribution in [2.24, 2.45) is 28.0 Å². The molecule has 3 fully saturated rings. The van der Waals surface area contributed by atoms with Crippen LogP contribution in [0.25, 0.3) is 10.8 Å². The van der Waals surface area contributed by atoms with Crippen molar-refractivity contribution in [3.05, 3.63) is 102 Å². The van der Waals surface area contributed by atoms with Crippen LogP contribution < -0.4 is 9.80 Å². The molecule has 4 aliphatic rings. The molecule has 0 spiro atoms. The van der Waals surface area contributed by atoms with E-state index in [4.69, 9.17) is 23.2 Å². The summed E-state index contributed by atoms with van der Waals surface area (Å²) >= 11 is 14.7. The normalized spacial score (nSPS) is 28.7. The lowest BCUT2D eigenvalue weighted by molar-refractivity contribution is -0.138.